The van der Waals surface area contributed by atoms with Gasteiger partial charge in [-0.1, -0.05) is 12.8 Å². The van der Waals surface area contributed by atoms with Crippen molar-refractivity contribution in [3.63, 3.8) is 0 Å². The number of carboxylic acid groups (broad SMARTS) is 1. The van der Waals surface area contributed by atoms with Gasteiger partial charge in [0.15, 0.2) is 5.69 Å². The number of aliphatic hydroxyl groups is 1. The minimum Gasteiger partial charge on any atom is -0.476 e. The largest absolute Gasteiger partial charge is 0.476 e. The van der Waals surface area contributed by atoms with E-state index in [1.165, 1.54) is 12.4 Å². The third-order valence-electron chi connectivity index (χ3n) is 2.99. The molecule has 17 heavy (non-hydrogen) atoms. The van der Waals surface area contributed by atoms with Crippen molar-refractivity contribution >= 4 is 11.8 Å². The van der Waals surface area contributed by atoms with Crippen LogP contribution in [0.5, 0.6) is 0 Å². The highest BCUT2D eigenvalue weighted by Crippen LogP contribution is 2.29. The molecular weight excluding hydrogens is 222 g/mol. The molecule has 0 unspecified atom stereocenters. The summed E-state index contributed by atoms with van der Waals surface area (Å²) in [7, 11) is 0. The molecule has 92 valence electrons. The summed E-state index contributed by atoms with van der Waals surface area (Å²) in [6.45, 7) is 0.380. The van der Waals surface area contributed by atoms with Crippen LogP contribution in [0.15, 0.2) is 12.4 Å². The van der Waals surface area contributed by atoms with E-state index in [1.807, 2.05) is 0 Å². The second-order valence-electron chi connectivity index (χ2n) is 4.38. The molecule has 0 saturated heterocycles. The van der Waals surface area contributed by atoms with Crippen molar-refractivity contribution in [2.75, 3.05) is 11.9 Å². The van der Waals surface area contributed by atoms with Crippen LogP contribution in [0.3, 0.4) is 0 Å². The number of nitrogens with zero attached hydrogens (tertiary/aromatic N) is 2. The van der Waals surface area contributed by atoms with Crippen LogP contribution in [0.1, 0.15) is 36.2 Å². The monoisotopic (exact) mass is 237 g/mol. The average molecular weight is 237 g/mol. The van der Waals surface area contributed by atoms with Crippen LogP contribution in [-0.2, 0) is 0 Å². The maximum Gasteiger partial charge on any atom is 0.356 e. The Balaban J connectivity index is 1.99. The van der Waals surface area contributed by atoms with Crippen LogP contribution in [0, 0.1) is 0 Å². The lowest BCUT2D eigenvalue weighted by molar-refractivity contribution is 0.0614. The number of hydrogen-bond acceptors (Lipinski definition) is 5. The molecule has 0 atom stereocenters. The van der Waals surface area contributed by atoms with E-state index in [1.54, 1.807) is 0 Å². The molecule has 0 amide bonds. The maximum absolute atomic E-state index is 10.7. The maximum atomic E-state index is 10.7. The van der Waals surface area contributed by atoms with Gasteiger partial charge in [0, 0.05) is 6.54 Å². The van der Waals surface area contributed by atoms with Gasteiger partial charge in [0.05, 0.1) is 18.0 Å². The molecule has 3 N–H and O–H groups in total. The summed E-state index contributed by atoms with van der Waals surface area (Å²) in [6.07, 6.45) is 6.23. The Morgan fingerprint density at radius 1 is 1.41 bits per heavy atom. The molecule has 1 aromatic heterocycles. The normalized spacial score (nSPS) is 17.9. The number of nitrogens with one attached hydrogen (secondary N) is 1. The second kappa shape index (κ2) is 4.67. The first kappa shape index (κ1) is 11.8. The first-order chi connectivity index (χ1) is 8.09. The van der Waals surface area contributed by atoms with Gasteiger partial charge in [0.2, 0.25) is 0 Å². The van der Waals surface area contributed by atoms with Crippen molar-refractivity contribution in [2.24, 2.45) is 0 Å². The fourth-order valence-electron chi connectivity index (χ4n) is 2.02. The van der Waals surface area contributed by atoms with Crippen LogP contribution in [-0.4, -0.2) is 38.3 Å². The number of rotatable bonds is 4. The van der Waals surface area contributed by atoms with Crippen molar-refractivity contribution < 1.29 is 15.0 Å². The first-order valence-electron chi connectivity index (χ1n) is 5.61. The lowest BCUT2D eigenvalue weighted by Gasteiger charge is -2.22. The van der Waals surface area contributed by atoms with E-state index in [2.05, 4.69) is 15.3 Å². The third kappa shape index (κ3) is 2.91. The van der Waals surface area contributed by atoms with E-state index in [0.29, 0.717) is 12.4 Å². The smallest absolute Gasteiger partial charge is 0.356 e. The average Bonchev–Trinajstić information content (AvgIpc) is 2.75. The Labute approximate surface area is 98.7 Å². The summed E-state index contributed by atoms with van der Waals surface area (Å²) in [6, 6.07) is 0. The number of anilines is 1. The molecule has 1 heterocycles. The Kier molecular flexibility index (Phi) is 3.23. The molecule has 1 fully saturated rings. The number of aromatic nitrogens is 2. The number of carboxylic acids is 1. The van der Waals surface area contributed by atoms with Gasteiger partial charge < -0.3 is 15.5 Å². The Bertz CT molecular complexity index is 416. The lowest BCUT2D eigenvalue weighted by atomic mass is 10.0. The van der Waals surface area contributed by atoms with Crippen molar-refractivity contribution in [3.05, 3.63) is 18.1 Å². The van der Waals surface area contributed by atoms with Gasteiger partial charge in [-0.05, 0) is 12.8 Å². The molecule has 0 bridgehead atoms. The van der Waals surface area contributed by atoms with Gasteiger partial charge >= 0.3 is 5.97 Å². The standard InChI is InChI=1S/C11H15N3O3/c15-10(16)8-5-12-6-9(14-8)13-7-11(17)3-1-2-4-11/h5-6,17H,1-4,7H2,(H,13,14)(H,15,16). The van der Waals surface area contributed by atoms with Gasteiger partial charge in [-0.25, -0.2) is 9.78 Å². The summed E-state index contributed by atoms with van der Waals surface area (Å²) in [5.41, 5.74) is -0.797. The highest BCUT2D eigenvalue weighted by Gasteiger charge is 2.30. The first-order valence-corrected chi connectivity index (χ1v) is 5.61. The molecular formula is C11H15N3O3. The van der Waals surface area contributed by atoms with Crippen molar-refractivity contribution in [2.45, 2.75) is 31.3 Å². The zero-order chi connectivity index (χ0) is 12.3. The summed E-state index contributed by atoms with van der Waals surface area (Å²) >= 11 is 0. The minimum atomic E-state index is -1.11. The fraction of sp³-hybridized carbons (Fsp3) is 0.545. The molecule has 1 saturated carbocycles. The summed E-state index contributed by atoms with van der Waals surface area (Å²) in [4.78, 5) is 18.4. The molecule has 6 nitrogen and oxygen atoms in total. The Morgan fingerprint density at radius 2 is 2.12 bits per heavy atom. The minimum absolute atomic E-state index is 0.103. The van der Waals surface area contributed by atoms with Gasteiger partial charge in [-0.2, -0.15) is 0 Å². The van der Waals surface area contributed by atoms with Crippen LogP contribution in [0.2, 0.25) is 0 Å². The van der Waals surface area contributed by atoms with Gasteiger partial charge in [-0.3, -0.25) is 4.98 Å². The van der Waals surface area contributed by atoms with E-state index in [9.17, 15) is 9.90 Å². The van der Waals surface area contributed by atoms with Gasteiger partial charge in [-0.15, -0.1) is 0 Å². The molecule has 1 aliphatic rings. The summed E-state index contributed by atoms with van der Waals surface area (Å²) in [5, 5.41) is 21.8. The predicted octanol–water partition coefficient (Wildman–Crippen LogP) is 0.892. The van der Waals surface area contributed by atoms with Crippen LogP contribution < -0.4 is 5.32 Å². The number of hydrogen-bond donors (Lipinski definition) is 3. The lowest BCUT2D eigenvalue weighted by Crippen LogP contribution is -2.33. The van der Waals surface area contributed by atoms with Crippen LogP contribution in [0.4, 0.5) is 5.82 Å². The van der Waals surface area contributed by atoms with E-state index in [-0.39, 0.29) is 5.69 Å². The Hall–Kier alpha value is -1.69. The SMILES string of the molecule is O=C(O)c1cncc(NCC2(O)CCCC2)n1. The van der Waals surface area contributed by atoms with E-state index in [0.717, 1.165) is 25.7 Å². The second-order valence-corrected chi connectivity index (χ2v) is 4.38. The van der Waals surface area contributed by atoms with E-state index >= 15 is 0 Å². The predicted molar refractivity (Wildman–Crippen MR) is 60.9 cm³/mol. The third-order valence-corrected chi connectivity index (χ3v) is 2.99. The van der Waals surface area contributed by atoms with Crippen LogP contribution >= 0.6 is 0 Å². The van der Waals surface area contributed by atoms with Crippen LogP contribution in [0.25, 0.3) is 0 Å². The number of carbonyl (C=O) groups is 1. The van der Waals surface area contributed by atoms with Crippen molar-refractivity contribution in [1.82, 2.24) is 9.97 Å². The highest BCUT2D eigenvalue weighted by molar-refractivity contribution is 5.85. The number of aromatic carboxylic acids is 1. The molecule has 1 aliphatic carbocycles. The fourth-order valence-corrected chi connectivity index (χ4v) is 2.02. The highest BCUT2D eigenvalue weighted by atomic mass is 16.4. The van der Waals surface area contributed by atoms with Gasteiger partial charge in [0.25, 0.3) is 0 Å². The molecule has 0 radical (unpaired) electrons. The topological polar surface area (TPSA) is 95.3 Å². The molecule has 0 spiro atoms. The van der Waals surface area contributed by atoms with E-state index in [4.69, 9.17) is 5.11 Å². The van der Waals surface area contributed by atoms with Gasteiger partial charge in [0.1, 0.15) is 5.82 Å². The summed E-state index contributed by atoms with van der Waals surface area (Å²) in [5.74, 6) is -0.731. The molecule has 1 aromatic rings. The molecule has 0 aliphatic heterocycles. The zero-order valence-electron chi connectivity index (χ0n) is 9.39. The quantitative estimate of drug-likeness (QED) is 0.719. The van der Waals surface area contributed by atoms with E-state index < -0.39 is 11.6 Å². The summed E-state index contributed by atoms with van der Waals surface area (Å²) < 4.78 is 0. The molecule has 2 rings (SSSR count). The van der Waals surface area contributed by atoms with Crippen molar-refractivity contribution in [1.29, 1.82) is 0 Å². The zero-order valence-corrected chi connectivity index (χ0v) is 9.39. The molecule has 0 aromatic carbocycles. The van der Waals surface area contributed by atoms with Crippen molar-refractivity contribution in [3.8, 4) is 0 Å². The molecule has 6 heteroatoms. The Morgan fingerprint density at radius 3 is 2.76 bits per heavy atom.